The van der Waals surface area contributed by atoms with E-state index in [1.165, 1.54) is 6.07 Å². The van der Waals surface area contributed by atoms with Crippen LogP contribution in [0.5, 0.6) is 5.75 Å². The van der Waals surface area contributed by atoms with Crippen molar-refractivity contribution in [1.82, 2.24) is 9.99 Å². The van der Waals surface area contributed by atoms with Crippen LogP contribution in [0.3, 0.4) is 0 Å². The Morgan fingerprint density at radius 3 is 2.18 bits per heavy atom. The lowest BCUT2D eigenvalue weighted by molar-refractivity contribution is 0.0935. The molecule has 3 N–H and O–H groups in total. The van der Waals surface area contributed by atoms with Crippen molar-refractivity contribution in [1.29, 1.82) is 0 Å². The van der Waals surface area contributed by atoms with Gasteiger partial charge in [-0.25, -0.2) is 4.67 Å². The predicted octanol–water partition coefficient (Wildman–Crippen LogP) is 4.24. The van der Waals surface area contributed by atoms with Crippen LogP contribution in [0.1, 0.15) is 29.3 Å². The van der Waals surface area contributed by atoms with Crippen molar-refractivity contribution in [3.63, 3.8) is 0 Å². The maximum Gasteiger partial charge on any atom is 0.255 e. The van der Waals surface area contributed by atoms with Crippen molar-refractivity contribution >= 4 is 18.5 Å². The standard InChI is InChI=1S/C27H33N2O4P/c1-21(20-30)17-23(18-28-27(32)25-15-9-10-16-26(25)31)29(19-22-11-5-3-6-12-22)34(2,33)24-13-7-4-8-14-24/h3-16,21,23,30-31H,17-20H2,1-2H3,(H,28,32). The Hall–Kier alpha value is -2.92. The number of phenolic OH excluding ortho intramolecular Hbond substituents is 1. The molecule has 3 aromatic rings. The highest BCUT2D eigenvalue weighted by Gasteiger charge is 2.34. The average molecular weight is 481 g/mol. The van der Waals surface area contributed by atoms with E-state index in [1.54, 1.807) is 24.9 Å². The zero-order valence-electron chi connectivity index (χ0n) is 19.7. The van der Waals surface area contributed by atoms with Gasteiger partial charge in [-0.1, -0.05) is 79.7 Å². The van der Waals surface area contributed by atoms with Crippen LogP contribution in [0.15, 0.2) is 84.9 Å². The van der Waals surface area contributed by atoms with Crippen LogP contribution in [0.4, 0.5) is 0 Å². The molecule has 3 unspecified atom stereocenters. The zero-order valence-corrected chi connectivity index (χ0v) is 20.6. The van der Waals surface area contributed by atoms with Gasteiger partial charge in [0.15, 0.2) is 7.29 Å². The van der Waals surface area contributed by atoms with Gasteiger partial charge in [0.05, 0.1) is 5.56 Å². The Kier molecular flexibility index (Phi) is 9.05. The van der Waals surface area contributed by atoms with Gasteiger partial charge in [-0.3, -0.25) is 4.79 Å². The lowest BCUT2D eigenvalue weighted by Gasteiger charge is -2.38. The van der Waals surface area contributed by atoms with Gasteiger partial charge in [0.25, 0.3) is 5.91 Å². The quantitative estimate of drug-likeness (QED) is 0.357. The molecular weight excluding hydrogens is 447 g/mol. The molecule has 1 amide bonds. The molecule has 0 aromatic heterocycles. The molecule has 3 aromatic carbocycles. The molecule has 6 nitrogen and oxygen atoms in total. The molecule has 180 valence electrons. The fraction of sp³-hybridized carbons (Fsp3) is 0.296. The minimum absolute atomic E-state index is 0.0115. The van der Waals surface area contributed by atoms with Crippen LogP contribution >= 0.6 is 7.29 Å². The van der Waals surface area contributed by atoms with Crippen LogP contribution in [-0.2, 0) is 11.1 Å². The number of nitrogens with one attached hydrogen (secondary N) is 1. The van der Waals surface area contributed by atoms with Gasteiger partial charge in [0.1, 0.15) is 5.75 Å². The van der Waals surface area contributed by atoms with Gasteiger partial charge in [0, 0.05) is 37.7 Å². The first-order chi connectivity index (χ1) is 16.3. The Bertz CT molecular complexity index is 1110. The van der Waals surface area contributed by atoms with E-state index in [9.17, 15) is 19.6 Å². The fourth-order valence-electron chi connectivity index (χ4n) is 4.02. The van der Waals surface area contributed by atoms with Crippen LogP contribution in [-0.4, -0.2) is 46.6 Å². The lowest BCUT2D eigenvalue weighted by Crippen LogP contribution is -2.44. The minimum Gasteiger partial charge on any atom is -0.507 e. The third-order valence-electron chi connectivity index (χ3n) is 5.97. The molecule has 0 aliphatic carbocycles. The van der Waals surface area contributed by atoms with E-state index in [1.807, 2.05) is 72.3 Å². The molecule has 0 fully saturated rings. The van der Waals surface area contributed by atoms with Gasteiger partial charge >= 0.3 is 0 Å². The summed E-state index contributed by atoms with van der Waals surface area (Å²) in [6.07, 6.45) is 0.537. The van der Waals surface area contributed by atoms with Crippen molar-refractivity contribution in [3.8, 4) is 5.75 Å². The van der Waals surface area contributed by atoms with Crippen molar-refractivity contribution in [3.05, 3.63) is 96.1 Å². The number of rotatable bonds is 11. The van der Waals surface area contributed by atoms with E-state index in [2.05, 4.69) is 5.32 Å². The molecular formula is C27H33N2O4P. The summed E-state index contributed by atoms with van der Waals surface area (Å²) >= 11 is 0. The van der Waals surface area contributed by atoms with E-state index < -0.39 is 13.2 Å². The topological polar surface area (TPSA) is 89.9 Å². The van der Waals surface area contributed by atoms with Crippen molar-refractivity contribution < 1.29 is 19.6 Å². The van der Waals surface area contributed by atoms with Gasteiger partial charge in [-0.05, 0) is 30.0 Å². The first kappa shape index (κ1) is 25.7. The number of carbonyl (C=O) groups is 1. The molecule has 0 saturated carbocycles. The van der Waals surface area contributed by atoms with Crippen LogP contribution in [0, 0.1) is 5.92 Å². The molecule has 0 aliphatic heterocycles. The van der Waals surface area contributed by atoms with E-state index in [4.69, 9.17) is 0 Å². The van der Waals surface area contributed by atoms with Gasteiger partial charge in [0.2, 0.25) is 0 Å². The number of aromatic hydroxyl groups is 1. The summed E-state index contributed by atoms with van der Waals surface area (Å²) in [7, 11) is -3.03. The zero-order chi connectivity index (χ0) is 24.6. The second-order valence-corrected chi connectivity index (χ2v) is 11.5. The van der Waals surface area contributed by atoms with E-state index in [-0.39, 0.29) is 36.4 Å². The molecule has 0 radical (unpaired) electrons. The highest BCUT2D eigenvalue weighted by atomic mass is 31.2. The smallest absolute Gasteiger partial charge is 0.255 e. The molecule has 7 heteroatoms. The summed E-state index contributed by atoms with van der Waals surface area (Å²) in [6.45, 7) is 4.32. The number of hydrogen-bond donors (Lipinski definition) is 3. The highest BCUT2D eigenvalue weighted by molar-refractivity contribution is 7.68. The number of aliphatic hydroxyl groups is 1. The third kappa shape index (κ3) is 6.57. The maximum atomic E-state index is 14.3. The molecule has 3 atom stereocenters. The first-order valence-corrected chi connectivity index (χ1v) is 13.5. The van der Waals surface area contributed by atoms with Crippen molar-refractivity contribution in [2.45, 2.75) is 25.9 Å². The first-order valence-electron chi connectivity index (χ1n) is 11.4. The summed E-state index contributed by atoms with van der Waals surface area (Å²) in [5.74, 6) is -0.544. The Balaban J connectivity index is 1.94. The molecule has 0 aliphatic rings. The van der Waals surface area contributed by atoms with Crippen molar-refractivity contribution in [2.75, 3.05) is 19.8 Å². The maximum absolute atomic E-state index is 14.3. The lowest BCUT2D eigenvalue weighted by atomic mass is 10.0. The Morgan fingerprint density at radius 2 is 1.56 bits per heavy atom. The summed E-state index contributed by atoms with van der Waals surface area (Å²) in [5, 5.41) is 23.5. The number of nitrogens with zero attached hydrogens (tertiary/aromatic N) is 1. The second kappa shape index (κ2) is 12.0. The van der Waals surface area contributed by atoms with Gasteiger partial charge < -0.3 is 20.1 Å². The summed E-state index contributed by atoms with van der Waals surface area (Å²) in [6, 6.07) is 25.3. The molecule has 0 saturated heterocycles. The van der Waals surface area contributed by atoms with E-state index in [0.717, 1.165) is 10.9 Å². The Labute approximate surface area is 201 Å². The number of hydrogen-bond acceptors (Lipinski definition) is 4. The summed E-state index contributed by atoms with van der Waals surface area (Å²) < 4.78 is 16.3. The number of benzene rings is 3. The van der Waals surface area contributed by atoms with E-state index >= 15 is 0 Å². The minimum atomic E-state index is -3.03. The number of amides is 1. The fourth-order valence-corrected chi connectivity index (χ4v) is 6.27. The van der Waals surface area contributed by atoms with Crippen LogP contribution in [0.2, 0.25) is 0 Å². The highest BCUT2D eigenvalue weighted by Crippen LogP contribution is 2.48. The molecule has 0 heterocycles. The van der Waals surface area contributed by atoms with Crippen LogP contribution in [0.25, 0.3) is 0 Å². The monoisotopic (exact) mass is 480 g/mol. The van der Waals surface area contributed by atoms with Crippen LogP contribution < -0.4 is 10.6 Å². The summed E-state index contributed by atoms with van der Waals surface area (Å²) in [5.41, 5.74) is 1.20. The second-order valence-electron chi connectivity index (χ2n) is 8.70. The summed E-state index contributed by atoms with van der Waals surface area (Å²) in [4.78, 5) is 12.8. The number of aliphatic hydroxyl groups excluding tert-OH is 1. The SMILES string of the molecule is CC(CO)CC(CNC(=O)c1ccccc1O)N(Cc1ccccc1)P(C)(=O)c1ccccc1. The van der Waals surface area contributed by atoms with Gasteiger partial charge in [-0.15, -0.1) is 0 Å². The number of phenols is 1. The molecule has 34 heavy (non-hydrogen) atoms. The average Bonchev–Trinajstić information content (AvgIpc) is 2.86. The molecule has 0 spiro atoms. The van der Waals surface area contributed by atoms with Crippen molar-refractivity contribution in [2.24, 2.45) is 5.92 Å². The molecule has 3 rings (SSSR count). The third-order valence-corrected chi connectivity index (χ3v) is 8.67. The largest absolute Gasteiger partial charge is 0.507 e. The molecule has 0 bridgehead atoms. The number of carbonyl (C=O) groups excluding carboxylic acids is 1. The Morgan fingerprint density at radius 1 is 0.971 bits per heavy atom. The normalized spacial score (nSPS) is 14.8. The van der Waals surface area contributed by atoms with Gasteiger partial charge in [-0.2, -0.15) is 0 Å². The number of para-hydroxylation sites is 1. The predicted molar refractivity (Wildman–Crippen MR) is 137 cm³/mol. The van der Waals surface area contributed by atoms with E-state index in [0.29, 0.717) is 13.0 Å².